The molecule has 0 spiro atoms. The second kappa shape index (κ2) is 2.67. The van der Waals surface area contributed by atoms with E-state index in [-0.39, 0.29) is 5.92 Å². The summed E-state index contributed by atoms with van der Waals surface area (Å²) in [5, 5.41) is 10.8. The van der Waals surface area contributed by atoms with Gasteiger partial charge in [0.05, 0.1) is 5.92 Å². The lowest BCUT2D eigenvalue weighted by Crippen LogP contribution is -2.23. The van der Waals surface area contributed by atoms with Gasteiger partial charge in [0, 0.05) is 17.1 Å². The maximum atomic E-state index is 11.3. The molecule has 2 unspecified atom stereocenters. The van der Waals surface area contributed by atoms with Crippen molar-refractivity contribution in [2.24, 2.45) is 11.8 Å². The number of carboxylic acids is 1. The van der Waals surface area contributed by atoms with Crippen molar-refractivity contribution in [3.8, 4) is 0 Å². The topological polar surface area (TPSA) is 83.5 Å². The maximum absolute atomic E-state index is 11.3. The van der Waals surface area contributed by atoms with E-state index < -0.39 is 23.7 Å². The largest absolute Gasteiger partial charge is 0.481 e. The highest BCUT2D eigenvalue weighted by Crippen LogP contribution is 2.46. The molecular weight excluding hydrogens is 186 g/mol. The molecule has 0 aromatic rings. The van der Waals surface area contributed by atoms with Gasteiger partial charge < -0.3 is 5.11 Å². The van der Waals surface area contributed by atoms with Gasteiger partial charge in [0.1, 0.15) is 0 Å². The second-order valence-corrected chi connectivity index (χ2v) is 3.61. The van der Waals surface area contributed by atoms with Crippen LogP contribution in [0.25, 0.3) is 0 Å². The highest BCUT2D eigenvalue weighted by atomic mass is 16.4. The van der Waals surface area contributed by atoms with E-state index in [9.17, 15) is 14.4 Å². The Labute approximate surface area is 79.8 Å². The van der Waals surface area contributed by atoms with Crippen LogP contribution >= 0.6 is 0 Å². The summed E-state index contributed by atoms with van der Waals surface area (Å²) in [7, 11) is 0. The van der Waals surface area contributed by atoms with Gasteiger partial charge in [-0.15, -0.1) is 0 Å². The molecule has 0 aromatic heterocycles. The molecule has 14 heavy (non-hydrogen) atoms. The highest BCUT2D eigenvalue weighted by Gasteiger charge is 2.50. The van der Waals surface area contributed by atoms with E-state index in [4.69, 9.17) is 5.11 Å². The first-order valence-corrected chi connectivity index (χ1v) is 4.31. The first-order chi connectivity index (χ1) is 6.52. The number of carbonyl (C=O) groups excluding carboxylic acids is 2. The fourth-order valence-electron chi connectivity index (χ4n) is 1.79. The molecule has 1 fully saturated rings. The molecule has 1 heterocycles. The van der Waals surface area contributed by atoms with Crippen LogP contribution in [0, 0.1) is 11.8 Å². The van der Waals surface area contributed by atoms with Crippen molar-refractivity contribution in [3.05, 3.63) is 11.1 Å². The van der Waals surface area contributed by atoms with E-state index in [0.29, 0.717) is 17.6 Å². The van der Waals surface area contributed by atoms with E-state index in [2.05, 4.69) is 5.32 Å². The van der Waals surface area contributed by atoms with Crippen LogP contribution in [-0.2, 0) is 14.4 Å². The maximum Gasteiger partial charge on any atom is 0.307 e. The number of aliphatic carboxylic acids is 1. The van der Waals surface area contributed by atoms with Gasteiger partial charge in [-0.25, -0.2) is 0 Å². The van der Waals surface area contributed by atoms with Gasteiger partial charge in [0.2, 0.25) is 0 Å². The van der Waals surface area contributed by atoms with Gasteiger partial charge in [0.25, 0.3) is 11.8 Å². The molecule has 0 saturated heterocycles. The number of rotatable bonds is 2. The quantitative estimate of drug-likeness (QED) is 0.591. The zero-order valence-electron chi connectivity index (χ0n) is 7.53. The van der Waals surface area contributed by atoms with Crippen molar-refractivity contribution in [2.45, 2.75) is 13.3 Å². The number of hydrogen-bond donors (Lipinski definition) is 2. The molecule has 2 N–H and O–H groups in total. The smallest absolute Gasteiger partial charge is 0.307 e. The van der Waals surface area contributed by atoms with Crippen molar-refractivity contribution in [2.75, 3.05) is 0 Å². The zero-order valence-corrected chi connectivity index (χ0v) is 7.53. The Morgan fingerprint density at radius 1 is 1.43 bits per heavy atom. The predicted molar refractivity (Wildman–Crippen MR) is 45.1 cm³/mol. The Hall–Kier alpha value is -1.65. The lowest BCUT2D eigenvalue weighted by molar-refractivity contribution is -0.138. The lowest BCUT2D eigenvalue weighted by atomic mass is 10.1. The Kier molecular flexibility index (Phi) is 1.70. The van der Waals surface area contributed by atoms with Crippen LogP contribution in [0.1, 0.15) is 13.3 Å². The Bertz CT molecular complexity index is 382. The van der Waals surface area contributed by atoms with Crippen molar-refractivity contribution >= 4 is 17.8 Å². The van der Waals surface area contributed by atoms with Crippen LogP contribution in [0.2, 0.25) is 0 Å². The summed E-state index contributed by atoms with van der Waals surface area (Å²) >= 11 is 0. The van der Waals surface area contributed by atoms with Gasteiger partial charge >= 0.3 is 5.97 Å². The van der Waals surface area contributed by atoms with E-state index in [1.165, 1.54) is 0 Å². The number of carbonyl (C=O) groups is 3. The Morgan fingerprint density at radius 3 is 2.43 bits per heavy atom. The van der Waals surface area contributed by atoms with Gasteiger partial charge in [-0.1, -0.05) is 0 Å². The van der Waals surface area contributed by atoms with Gasteiger partial charge in [0.15, 0.2) is 0 Å². The molecule has 2 amide bonds. The third kappa shape index (κ3) is 1.13. The SMILES string of the molecule is CC1=C(C2CC2C(=O)O)C(=O)NC1=O. The standard InChI is InChI=1S/C9H9NO4/c1-3-6(8(12)10-7(3)11)4-2-5(4)9(13)14/h4-5H,2H2,1H3,(H,13,14)(H,10,11,12). The number of hydrogen-bond acceptors (Lipinski definition) is 3. The molecule has 5 nitrogen and oxygen atoms in total. The van der Waals surface area contributed by atoms with Gasteiger partial charge in [-0.2, -0.15) is 0 Å². The molecule has 1 aliphatic carbocycles. The van der Waals surface area contributed by atoms with Crippen LogP contribution in [0.4, 0.5) is 0 Å². The fourth-order valence-corrected chi connectivity index (χ4v) is 1.79. The fraction of sp³-hybridized carbons (Fsp3) is 0.444. The first kappa shape index (κ1) is 8.93. The van der Waals surface area contributed by atoms with E-state index >= 15 is 0 Å². The average molecular weight is 195 g/mol. The molecule has 0 radical (unpaired) electrons. The van der Waals surface area contributed by atoms with Crippen molar-refractivity contribution in [1.82, 2.24) is 5.32 Å². The number of imide groups is 1. The minimum atomic E-state index is -0.901. The highest BCUT2D eigenvalue weighted by molar-refractivity contribution is 6.19. The third-order valence-electron chi connectivity index (χ3n) is 2.69. The summed E-state index contributed by atoms with van der Waals surface area (Å²) in [5.41, 5.74) is 0.728. The lowest BCUT2D eigenvalue weighted by Gasteiger charge is -1.96. The van der Waals surface area contributed by atoms with E-state index in [0.717, 1.165) is 0 Å². The average Bonchev–Trinajstić information content (AvgIpc) is 2.79. The van der Waals surface area contributed by atoms with Gasteiger partial charge in [-0.05, 0) is 13.3 Å². The zero-order chi connectivity index (χ0) is 10.5. The number of carboxylic acid groups (broad SMARTS) is 1. The van der Waals surface area contributed by atoms with Crippen LogP contribution in [0.5, 0.6) is 0 Å². The van der Waals surface area contributed by atoms with E-state index in [1.54, 1.807) is 6.92 Å². The molecule has 2 aliphatic rings. The predicted octanol–water partition coefficient (Wildman–Crippen LogP) is -0.320. The van der Waals surface area contributed by atoms with Gasteiger partial charge in [-0.3, -0.25) is 19.7 Å². The number of nitrogens with one attached hydrogen (secondary N) is 1. The van der Waals surface area contributed by atoms with Crippen molar-refractivity contribution < 1.29 is 19.5 Å². The number of amides is 2. The summed E-state index contributed by atoms with van der Waals surface area (Å²) < 4.78 is 0. The molecule has 1 aliphatic heterocycles. The summed E-state index contributed by atoms with van der Waals surface area (Å²) in [6.45, 7) is 1.55. The van der Waals surface area contributed by atoms with Crippen molar-refractivity contribution in [1.29, 1.82) is 0 Å². The molecule has 0 aromatic carbocycles. The summed E-state index contributed by atoms with van der Waals surface area (Å²) in [6.07, 6.45) is 0.461. The summed E-state index contributed by atoms with van der Waals surface area (Å²) in [6, 6.07) is 0. The Balaban J connectivity index is 2.24. The van der Waals surface area contributed by atoms with Crippen LogP contribution in [-0.4, -0.2) is 22.9 Å². The molecule has 2 atom stereocenters. The monoisotopic (exact) mass is 195 g/mol. The summed E-state index contributed by atoms with van der Waals surface area (Å²) in [4.78, 5) is 32.9. The minimum absolute atomic E-state index is 0.265. The van der Waals surface area contributed by atoms with Crippen molar-refractivity contribution in [3.63, 3.8) is 0 Å². The first-order valence-electron chi connectivity index (χ1n) is 4.31. The van der Waals surface area contributed by atoms with Crippen LogP contribution < -0.4 is 5.32 Å². The molecule has 74 valence electrons. The normalized spacial score (nSPS) is 30.6. The van der Waals surface area contributed by atoms with Crippen LogP contribution in [0.3, 0.4) is 0 Å². The second-order valence-electron chi connectivity index (χ2n) is 3.61. The molecule has 5 heteroatoms. The third-order valence-corrected chi connectivity index (χ3v) is 2.69. The molecule has 1 saturated carbocycles. The Morgan fingerprint density at radius 2 is 2.07 bits per heavy atom. The molecule has 2 rings (SSSR count). The molecular formula is C9H9NO4. The summed E-state index contributed by atoms with van der Waals surface area (Å²) in [5.74, 6) is -2.49. The molecule has 0 bridgehead atoms. The minimum Gasteiger partial charge on any atom is -0.481 e. The van der Waals surface area contributed by atoms with Crippen LogP contribution in [0.15, 0.2) is 11.1 Å². The van der Waals surface area contributed by atoms with E-state index in [1.807, 2.05) is 0 Å².